The molecule has 1 N–H and O–H groups in total. The molecule has 0 aliphatic heterocycles. The summed E-state index contributed by atoms with van der Waals surface area (Å²) in [7, 11) is 0. The van der Waals surface area contributed by atoms with E-state index in [-0.39, 0.29) is 11.4 Å². The lowest BCUT2D eigenvalue weighted by Crippen LogP contribution is -2.20. The Morgan fingerprint density at radius 1 is 0.963 bits per heavy atom. The van der Waals surface area contributed by atoms with Crippen molar-refractivity contribution in [2.45, 2.75) is 6.18 Å². The van der Waals surface area contributed by atoms with Crippen LogP contribution in [0.15, 0.2) is 48.7 Å². The van der Waals surface area contributed by atoms with E-state index >= 15 is 0 Å². The molecule has 0 radical (unpaired) electrons. The quantitative estimate of drug-likeness (QED) is 0.672. The van der Waals surface area contributed by atoms with Crippen molar-refractivity contribution in [3.05, 3.63) is 77.4 Å². The van der Waals surface area contributed by atoms with Crippen molar-refractivity contribution in [3.8, 4) is 5.69 Å². The first-order valence-electron chi connectivity index (χ1n) is 7.34. The number of rotatable bonds is 3. The van der Waals surface area contributed by atoms with Crippen LogP contribution in [-0.2, 0) is 6.18 Å². The summed E-state index contributed by atoms with van der Waals surface area (Å²) in [6, 6.07) is 6.36. The lowest BCUT2D eigenvalue weighted by Gasteiger charge is -2.13. The van der Waals surface area contributed by atoms with Gasteiger partial charge in [0.2, 0.25) is 0 Å². The van der Waals surface area contributed by atoms with Crippen molar-refractivity contribution in [2.75, 3.05) is 5.32 Å². The Bertz CT molecular complexity index is 995. The minimum absolute atomic E-state index is 0.115. The fourth-order valence-corrected chi connectivity index (χ4v) is 2.34. The number of hydrogen-bond acceptors (Lipinski definition) is 2. The van der Waals surface area contributed by atoms with Crippen LogP contribution in [0, 0.1) is 17.5 Å². The molecule has 3 aromatic rings. The van der Waals surface area contributed by atoms with Gasteiger partial charge in [-0.3, -0.25) is 4.79 Å². The van der Waals surface area contributed by atoms with Crippen molar-refractivity contribution in [1.82, 2.24) is 9.78 Å². The normalized spacial score (nSPS) is 11.5. The molecular formula is C17H9F6N3O. The molecule has 3 rings (SSSR count). The average molecular weight is 385 g/mol. The van der Waals surface area contributed by atoms with E-state index in [0.29, 0.717) is 16.9 Å². The van der Waals surface area contributed by atoms with Crippen LogP contribution in [0.2, 0.25) is 0 Å². The number of carbonyl (C=O) groups is 1. The summed E-state index contributed by atoms with van der Waals surface area (Å²) < 4.78 is 80.1. The lowest BCUT2D eigenvalue weighted by molar-refractivity contribution is -0.143. The zero-order chi connectivity index (χ0) is 19.8. The van der Waals surface area contributed by atoms with Gasteiger partial charge in [-0.05, 0) is 36.4 Å². The maximum Gasteiger partial charge on any atom is 0.434 e. The molecule has 2 aromatic carbocycles. The smallest absolute Gasteiger partial charge is 0.322 e. The molecule has 140 valence electrons. The molecule has 0 aliphatic carbocycles. The molecule has 1 aromatic heterocycles. The largest absolute Gasteiger partial charge is 0.434 e. The van der Waals surface area contributed by atoms with Gasteiger partial charge in [0.15, 0.2) is 17.3 Å². The predicted octanol–water partition coefficient (Wildman–Crippen LogP) is 4.56. The topological polar surface area (TPSA) is 46.9 Å². The van der Waals surface area contributed by atoms with Gasteiger partial charge >= 0.3 is 6.18 Å². The first kappa shape index (κ1) is 18.5. The highest BCUT2D eigenvalue weighted by atomic mass is 19.4. The Kier molecular flexibility index (Phi) is 4.64. The van der Waals surface area contributed by atoms with E-state index in [4.69, 9.17) is 0 Å². The molecule has 0 saturated heterocycles. The third-order valence-corrected chi connectivity index (χ3v) is 3.53. The maximum atomic E-state index is 13.5. The monoisotopic (exact) mass is 385 g/mol. The van der Waals surface area contributed by atoms with Gasteiger partial charge in [0.1, 0.15) is 5.82 Å². The molecule has 0 bridgehead atoms. The summed E-state index contributed by atoms with van der Waals surface area (Å²) in [5.74, 6) is -4.32. The Labute approximate surface area is 148 Å². The minimum atomic E-state index is -4.97. The summed E-state index contributed by atoms with van der Waals surface area (Å²) in [6.45, 7) is 0. The molecule has 1 heterocycles. The van der Waals surface area contributed by atoms with Crippen molar-refractivity contribution < 1.29 is 31.1 Å². The fourth-order valence-electron chi connectivity index (χ4n) is 2.34. The second-order valence-electron chi connectivity index (χ2n) is 5.38. The van der Waals surface area contributed by atoms with Gasteiger partial charge in [0.25, 0.3) is 5.91 Å². The van der Waals surface area contributed by atoms with Gasteiger partial charge < -0.3 is 5.32 Å². The number of alkyl halides is 3. The average Bonchev–Trinajstić information content (AvgIpc) is 3.04. The second kappa shape index (κ2) is 6.78. The zero-order valence-electron chi connectivity index (χ0n) is 13.2. The molecule has 0 unspecified atom stereocenters. The number of aromatic nitrogens is 2. The number of amides is 1. The first-order chi connectivity index (χ1) is 12.7. The van der Waals surface area contributed by atoms with E-state index in [1.165, 1.54) is 0 Å². The number of carbonyl (C=O) groups excluding carboxylic acids is 1. The van der Waals surface area contributed by atoms with Crippen molar-refractivity contribution in [1.29, 1.82) is 0 Å². The number of hydrogen-bond donors (Lipinski definition) is 1. The highest BCUT2D eigenvalue weighted by Crippen LogP contribution is 2.34. The molecule has 0 spiro atoms. The zero-order valence-corrected chi connectivity index (χ0v) is 13.2. The van der Waals surface area contributed by atoms with Crippen LogP contribution in [0.3, 0.4) is 0 Å². The Balaban J connectivity index is 2.01. The fraction of sp³-hybridized carbons (Fsp3) is 0.0588. The van der Waals surface area contributed by atoms with E-state index in [2.05, 4.69) is 10.4 Å². The van der Waals surface area contributed by atoms with E-state index in [1.807, 2.05) is 0 Å². The summed E-state index contributed by atoms with van der Waals surface area (Å²) in [5, 5.41) is 5.61. The van der Waals surface area contributed by atoms with Gasteiger partial charge in [-0.25, -0.2) is 17.9 Å². The molecular weight excluding hydrogens is 376 g/mol. The number of anilines is 1. The van der Waals surface area contributed by atoms with E-state index in [0.717, 1.165) is 36.4 Å². The van der Waals surface area contributed by atoms with Gasteiger partial charge in [-0.1, -0.05) is 0 Å². The van der Waals surface area contributed by atoms with Gasteiger partial charge in [0.05, 0.1) is 17.4 Å². The van der Waals surface area contributed by atoms with Crippen molar-refractivity contribution >= 4 is 11.6 Å². The van der Waals surface area contributed by atoms with E-state index in [9.17, 15) is 31.1 Å². The third kappa shape index (κ3) is 3.78. The number of halogens is 6. The highest BCUT2D eigenvalue weighted by Gasteiger charge is 2.40. The van der Waals surface area contributed by atoms with Crippen molar-refractivity contribution in [2.24, 2.45) is 0 Å². The standard InChI is InChI=1S/C17H9F6N3O/c18-9-1-4-11(5-2-9)26-15(17(21,22)23)12(8-24-26)16(27)25-10-3-6-13(19)14(20)7-10/h1-8H,(H,25,27). The van der Waals surface area contributed by atoms with Crippen LogP contribution in [0.5, 0.6) is 0 Å². The molecule has 4 nitrogen and oxygen atoms in total. The Morgan fingerprint density at radius 2 is 1.63 bits per heavy atom. The summed E-state index contributed by atoms with van der Waals surface area (Å²) in [5.41, 5.74) is -2.58. The van der Waals surface area contributed by atoms with E-state index < -0.39 is 40.8 Å². The van der Waals surface area contributed by atoms with Gasteiger partial charge in [-0.15, -0.1) is 0 Å². The van der Waals surface area contributed by atoms with Crippen LogP contribution in [0.25, 0.3) is 5.69 Å². The SMILES string of the molecule is O=C(Nc1ccc(F)c(F)c1)c1cnn(-c2ccc(F)cc2)c1C(F)(F)F. The molecule has 10 heteroatoms. The summed E-state index contributed by atoms with van der Waals surface area (Å²) in [4.78, 5) is 12.2. The van der Waals surface area contributed by atoms with Crippen LogP contribution in [0.1, 0.15) is 16.1 Å². The molecule has 27 heavy (non-hydrogen) atoms. The summed E-state index contributed by atoms with van der Waals surface area (Å²) in [6.07, 6.45) is -4.28. The maximum absolute atomic E-state index is 13.5. The number of nitrogens with one attached hydrogen (secondary N) is 1. The van der Waals surface area contributed by atoms with Crippen LogP contribution < -0.4 is 5.32 Å². The van der Waals surface area contributed by atoms with Crippen LogP contribution >= 0.6 is 0 Å². The number of nitrogens with zero attached hydrogens (tertiary/aromatic N) is 2. The third-order valence-electron chi connectivity index (χ3n) is 3.53. The Hall–Kier alpha value is -3.30. The van der Waals surface area contributed by atoms with Gasteiger partial charge in [-0.2, -0.15) is 18.3 Å². The molecule has 0 atom stereocenters. The molecule has 1 amide bonds. The number of benzene rings is 2. The van der Waals surface area contributed by atoms with Crippen molar-refractivity contribution in [3.63, 3.8) is 0 Å². The Morgan fingerprint density at radius 3 is 2.22 bits per heavy atom. The van der Waals surface area contributed by atoms with Crippen LogP contribution in [0.4, 0.5) is 32.0 Å². The lowest BCUT2D eigenvalue weighted by atomic mass is 10.2. The minimum Gasteiger partial charge on any atom is -0.322 e. The van der Waals surface area contributed by atoms with Crippen LogP contribution in [-0.4, -0.2) is 15.7 Å². The van der Waals surface area contributed by atoms with E-state index in [1.54, 1.807) is 0 Å². The molecule has 0 fully saturated rings. The second-order valence-corrected chi connectivity index (χ2v) is 5.38. The molecule has 0 aliphatic rings. The summed E-state index contributed by atoms with van der Waals surface area (Å²) >= 11 is 0. The first-order valence-corrected chi connectivity index (χ1v) is 7.34. The molecule has 0 saturated carbocycles. The predicted molar refractivity (Wildman–Crippen MR) is 82.8 cm³/mol. The highest BCUT2D eigenvalue weighted by molar-refractivity contribution is 6.05. The van der Waals surface area contributed by atoms with Gasteiger partial charge in [0, 0.05) is 11.8 Å².